The molecule has 0 aliphatic carbocycles. The van der Waals surface area contributed by atoms with Crippen LogP contribution in [0, 0.1) is 10.1 Å². The van der Waals surface area contributed by atoms with Crippen LogP contribution in [0.5, 0.6) is 5.75 Å². The highest BCUT2D eigenvalue weighted by molar-refractivity contribution is 7.92. The molecule has 0 bridgehead atoms. The highest BCUT2D eigenvalue weighted by Gasteiger charge is 2.17. The number of nitro benzene ring substituents is 1. The quantitative estimate of drug-likeness (QED) is 0.359. The number of anilines is 2. The first-order valence-electron chi connectivity index (χ1n) is 9.30. The van der Waals surface area contributed by atoms with E-state index in [9.17, 15) is 23.3 Å². The number of sulfonamides is 1. The summed E-state index contributed by atoms with van der Waals surface area (Å²) in [5, 5.41) is 13.3. The second kappa shape index (κ2) is 9.67. The summed E-state index contributed by atoms with van der Waals surface area (Å²) in [6.07, 6.45) is 0. The minimum Gasteiger partial charge on any atom is -0.494 e. The molecule has 0 spiro atoms. The van der Waals surface area contributed by atoms with Crippen LogP contribution in [0.25, 0.3) is 0 Å². The number of nitrogens with zero attached hydrogens (tertiary/aromatic N) is 1. The van der Waals surface area contributed by atoms with Crippen molar-refractivity contribution in [2.45, 2.75) is 11.8 Å². The van der Waals surface area contributed by atoms with Crippen molar-refractivity contribution in [1.82, 2.24) is 0 Å². The van der Waals surface area contributed by atoms with Crippen LogP contribution in [0.2, 0.25) is 5.02 Å². The molecule has 0 aliphatic rings. The molecule has 32 heavy (non-hydrogen) atoms. The van der Waals surface area contributed by atoms with Crippen LogP contribution in [0.4, 0.5) is 17.1 Å². The van der Waals surface area contributed by atoms with Gasteiger partial charge >= 0.3 is 0 Å². The molecule has 0 radical (unpaired) electrons. The standard InChI is InChI=1S/C21H18ClN3O6S/c1-2-31-17-8-3-15(4-9-17)24-32(29,30)18-10-5-14(6-11-18)23-21(26)19-12-7-16(25(27)28)13-20(19)22/h3-13,24H,2H2,1H3,(H,23,26). The van der Waals surface area contributed by atoms with Crippen molar-refractivity contribution < 1.29 is 22.9 Å². The predicted octanol–water partition coefficient (Wildman–Crippen LogP) is 4.70. The number of halogens is 1. The molecular formula is C21H18ClN3O6S. The largest absolute Gasteiger partial charge is 0.494 e. The third-order valence-corrected chi connectivity index (χ3v) is 5.96. The van der Waals surface area contributed by atoms with Gasteiger partial charge in [-0.05, 0) is 61.5 Å². The van der Waals surface area contributed by atoms with Gasteiger partial charge in [0, 0.05) is 23.5 Å². The number of nitro groups is 1. The molecule has 0 unspecified atom stereocenters. The zero-order chi connectivity index (χ0) is 23.3. The van der Waals surface area contributed by atoms with Gasteiger partial charge in [0.15, 0.2) is 0 Å². The Morgan fingerprint density at radius 3 is 2.22 bits per heavy atom. The fourth-order valence-electron chi connectivity index (χ4n) is 2.72. The van der Waals surface area contributed by atoms with Crippen molar-refractivity contribution in [2.75, 3.05) is 16.6 Å². The van der Waals surface area contributed by atoms with Gasteiger partial charge in [-0.3, -0.25) is 19.6 Å². The normalized spacial score (nSPS) is 10.9. The van der Waals surface area contributed by atoms with E-state index in [0.717, 1.165) is 6.07 Å². The van der Waals surface area contributed by atoms with Gasteiger partial charge < -0.3 is 10.1 Å². The maximum absolute atomic E-state index is 12.6. The molecule has 2 N–H and O–H groups in total. The molecule has 11 heteroatoms. The zero-order valence-corrected chi connectivity index (χ0v) is 18.3. The number of amides is 1. The Kier molecular flexibility index (Phi) is 6.96. The van der Waals surface area contributed by atoms with Crippen LogP contribution in [0.15, 0.2) is 71.6 Å². The zero-order valence-electron chi connectivity index (χ0n) is 16.7. The number of carbonyl (C=O) groups is 1. The molecule has 0 aromatic heterocycles. The number of benzene rings is 3. The summed E-state index contributed by atoms with van der Waals surface area (Å²) in [6.45, 7) is 2.35. The first-order valence-corrected chi connectivity index (χ1v) is 11.2. The Hall–Kier alpha value is -3.63. The maximum atomic E-state index is 12.6. The second-order valence-corrected chi connectivity index (χ2v) is 8.55. The number of hydrogen-bond donors (Lipinski definition) is 2. The number of carbonyl (C=O) groups excluding carboxylic acids is 1. The van der Waals surface area contributed by atoms with Crippen molar-refractivity contribution in [3.8, 4) is 5.75 Å². The lowest BCUT2D eigenvalue weighted by molar-refractivity contribution is -0.384. The molecule has 0 aliphatic heterocycles. The lowest BCUT2D eigenvalue weighted by Gasteiger charge is -2.11. The fourth-order valence-corrected chi connectivity index (χ4v) is 4.04. The molecule has 166 valence electrons. The van der Waals surface area contributed by atoms with Gasteiger partial charge in [0.2, 0.25) is 0 Å². The second-order valence-electron chi connectivity index (χ2n) is 6.46. The van der Waals surface area contributed by atoms with E-state index in [1.165, 1.54) is 36.4 Å². The van der Waals surface area contributed by atoms with Gasteiger partial charge in [-0.25, -0.2) is 8.42 Å². The van der Waals surface area contributed by atoms with Gasteiger partial charge in [-0.1, -0.05) is 11.6 Å². The lowest BCUT2D eigenvalue weighted by Crippen LogP contribution is -2.14. The SMILES string of the molecule is CCOc1ccc(NS(=O)(=O)c2ccc(NC(=O)c3ccc([N+](=O)[O-])cc3Cl)cc2)cc1. The Morgan fingerprint density at radius 2 is 1.66 bits per heavy atom. The van der Waals surface area contributed by atoms with Crippen LogP contribution in [-0.2, 0) is 10.0 Å². The molecule has 3 aromatic rings. The maximum Gasteiger partial charge on any atom is 0.270 e. The lowest BCUT2D eigenvalue weighted by atomic mass is 10.2. The monoisotopic (exact) mass is 475 g/mol. The van der Waals surface area contributed by atoms with Crippen molar-refractivity contribution in [3.05, 3.63) is 87.4 Å². The topological polar surface area (TPSA) is 128 Å². The molecule has 3 rings (SSSR count). The van der Waals surface area contributed by atoms with Crippen molar-refractivity contribution in [3.63, 3.8) is 0 Å². The fraction of sp³-hybridized carbons (Fsp3) is 0.0952. The molecule has 0 atom stereocenters. The predicted molar refractivity (Wildman–Crippen MR) is 121 cm³/mol. The highest BCUT2D eigenvalue weighted by atomic mass is 35.5. The summed E-state index contributed by atoms with van der Waals surface area (Å²) in [5.74, 6) is 0.0386. The minimum absolute atomic E-state index is 0.00208. The summed E-state index contributed by atoms with van der Waals surface area (Å²) < 4.78 is 33.0. The van der Waals surface area contributed by atoms with Crippen LogP contribution in [0.1, 0.15) is 17.3 Å². The van der Waals surface area contributed by atoms with Crippen molar-refractivity contribution in [1.29, 1.82) is 0 Å². The molecule has 9 nitrogen and oxygen atoms in total. The Balaban J connectivity index is 1.70. The van der Waals surface area contributed by atoms with E-state index in [1.54, 1.807) is 24.3 Å². The third kappa shape index (κ3) is 5.54. The first kappa shape index (κ1) is 23.0. The third-order valence-electron chi connectivity index (χ3n) is 4.25. The summed E-state index contributed by atoms with van der Waals surface area (Å²) in [6, 6.07) is 15.5. The average Bonchev–Trinajstić information content (AvgIpc) is 2.75. The molecular weight excluding hydrogens is 458 g/mol. The van der Waals surface area contributed by atoms with E-state index in [-0.39, 0.29) is 21.2 Å². The summed E-state index contributed by atoms with van der Waals surface area (Å²) in [5.41, 5.74) is 0.510. The molecule has 3 aromatic carbocycles. The van der Waals surface area contributed by atoms with Gasteiger partial charge in [0.05, 0.1) is 27.0 Å². The van der Waals surface area contributed by atoms with Crippen LogP contribution < -0.4 is 14.8 Å². The summed E-state index contributed by atoms with van der Waals surface area (Å²) in [4.78, 5) is 22.6. The number of non-ortho nitro benzene ring substituents is 1. The smallest absolute Gasteiger partial charge is 0.270 e. The van der Waals surface area contributed by atoms with Gasteiger partial charge in [-0.2, -0.15) is 0 Å². The van der Waals surface area contributed by atoms with Crippen molar-refractivity contribution >= 4 is 44.6 Å². The molecule has 0 saturated carbocycles. The Morgan fingerprint density at radius 1 is 1.03 bits per heavy atom. The van der Waals surface area contributed by atoms with E-state index in [1.807, 2.05) is 6.92 Å². The van der Waals surface area contributed by atoms with Gasteiger partial charge in [-0.15, -0.1) is 0 Å². The van der Waals surface area contributed by atoms with Crippen molar-refractivity contribution in [2.24, 2.45) is 0 Å². The average molecular weight is 476 g/mol. The van der Waals surface area contributed by atoms with E-state index in [0.29, 0.717) is 23.7 Å². The van der Waals surface area contributed by atoms with E-state index < -0.39 is 20.9 Å². The van der Waals surface area contributed by atoms with Crippen LogP contribution in [-0.4, -0.2) is 25.9 Å². The summed E-state index contributed by atoms with van der Waals surface area (Å²) >= 11 is 5.96. The van der Waals surface area contributed by atoms with E-state index >= 15 is 0 Å². The van der Waals surface area contributed by atoms with Crippen LogP contribution >= 0.6 is 11.6 Å². The molecule has 1 amide bonds. The van der Waals surface area contributed by atoms with Crippen LogP contribution in [0.3, 0.4) is 0 Å². The number of rotatable bonds is 8. The Bertz CT molecular complexity index is 1250. The van der Waals surface area contributed by atoms with E-state index in [4.69, 9.17) is 16.3 Å². The molecule has 0 heterocycles. The highest BCUT2D eigenvalue weighted by Crippen LogP contribution is 2.24. The first-order chi connectivity index (χ1) is 15.2. The van der Waals surface area contributed by atoms with Gasteiger partial charge in [0.25, 0.3) is 21.6 Å². The number of ether oxygens (including phenoxy) is 1. The number of hydrogen-bond acceptors (Lipinski definition) is 6. The number of nitrogens with one attached hydrogen (secondary N) is 2. The molecule has 0 saturated heterocycles. The Labute approximate surface area is 189 Å². The molecule has 0 fully saturated rings. The van der Waals surface area contributed by atoms with E-state index in [2.05, 4.69) is 10.0 Å². The van der Waals surface area contributed by atoms with Gasteiger partial charge in [0.1, 0.15) is 5.75 Å². The minimum atomic E-state index is -3.84. The summed E-state index contributed by atoms with van der Waals surface area (Å²) in [7, 11) is -3.84.